The zero-order chi connectivity index (χ0) is 17.9. The summed E-state index contributed by atoms with van der Waals surface area (Å²) >= 11 is 1.58. The summed E-state index contributed by atoms with van der Waals surface area (Å²) in [5, 5.41) is 2.57. The van der Waals surface area contributed by atoms with Gasteiger partial charge in [0.15, 0.2) is 0 Å². The Balaban J connectivity index is 1.33. The molecule has 4 rings (SSSR count). The highest BCUT2D eigenvalue weighted by molar-refractivity contribution is 8.00. The highest BCUT2D eigenvalue weighted by Gasteiger charge is 2.27. The monoisotopic (exact) mass is 369 g/mol. The quantitative estimate of drug-likeness (QED) is 0.827. The molecule has 0 unspecified atom stereocenters. The van der Waals surface area contributed by atoms with Crippen LogP contribution >= 0.6 is 11.8 Å². The van der Waals surface area contributed by atoms with Crippen LogP contribution in [-0.2, 0) is 16.1 Å². The Bertz CT molecular complexity index is 812. The summed E-state index contributed by atoms with van der Waals surface area (Å²) in [6.45, 7) is 4.35. The van der Waals surface area contributed by atoms with Gasteiger partial charge in [-0.3, -0.25) is 14.5 Å². The number of carbonyl (C=O) groups excluding carboxylic acids is 2. The van der Waals surface area contributed by atoms with E-state index in [1.165, 1.54) is 16.3 Å². The van der Waals surface area contributed by atoms with Gasteiger partial charge in [-0.05, 0) is 16.3 Å². The number of amides is 2. The van der Waals surface area contributed by atoms with Gasteiger partial charge in [0, 0.05) is 32.7 Å². The number of nitrogens with zero attached hydrogens (tertiary/aromatic N) is 3. The van der Waals surface area contributed by atoms with Crippen LogP contribution in [0.5, 0.6) is 0 Å². The van der Waals surface area contributed by atoms with Crippen LogP contribution in [0.25, 0.3) is 10.8 Å². The lowest BCUT2D eigenvalue weighted by Crippen LogP contribution is -2.51. The third-order valence-corrected chi connectivity index (χ3v) is 6.10. The highest BCUT2D eigenvalue weighted by Crippen LogP contribution is 2.21. The standard InChI is InChI=1S/C20H23N3O2S/c24-19(13-23-15-26-14-20(23)25)22-10-8-21(9-11-22)12-17-6-3-5-16-4-1-2-7-18(16)17/h1-7H,8-15H2. The van der Waals surface area contributed by atoms with E-state index in [9.17, 15) is 9.59 Å². The molecule has 2 aliphatic heterocycles. The summed E-state index contributed by atoms with van der Waals surface area (Å²) in [7, 11) is 0. The molecule has 2 amide bonds. The van der Waals surface area contributed by atoms with Crippen LogP contribution in [0, 0.1) is 0 Å². The zero-order valence-corrected chi connectivity index (χ0v) is 15.6. The molecule has 0 saturated carbocycles. The van der Waals surface area contributed by atoms with Gasteiger partial charge >= 0.3 is 0 Å². The fourth-order valence-corrected chi connectivity index (χ4v) is 4.53. The van der Waals surface area contributed by atoms with Crippen LogP contribution in [0.15, 0.2) is 42.5 Å². The molecule has 2 aromatic carbocycles. The number of hydrogen-bond acceptors (Lipinski definition) is 4. The smallest absolute Gasteiger partial charge is 0.242 e. The van der Waals surface area contributed by atoms with Crippen LogP contribution in [-0.4, -0.2) is 70.9 Å². The second kappa shape index (κ2) is 7.68. The molecule has 0 atom stereocenters. The van der Waals surface area contributed by atoms with E-state index in [1.54, 1.807) is 16.7 Å². The molecule has 0 N–H and O–H groups in total. The van der Waals surface area contributed by atoms with Crippen molar-refractivity contribution in [3.05, 3.63) is 48.0 Å². The minimum atomic E-state index is 0.0747. The Morgan fingerprint density at radius 1 is 1.00 bits per heavy atom. The molecule has 26 heavy (non-hydrogen) atoms. The van der Waals surface area contributed by atoms with E-state index in [4.69, 9.17) is 0 Å². The number of thioether (sulfide) groups is 1. The number of piperazine rings is 1. The van der Waals surface area contributed by atoms with E-state index in [-0.39, 0.29) is 18.4 Å². The van der Waals surface area contributed by atoms with Crippen molar-refractivity contribution in [1.82, 2.24) is 14.7 Å². The van der Waals surface area contributed by atoms with Crippen LogP contribution in [0.2, 0.25) is 0 Å². The lowest BCUT2D eigenvalue weighted by molar-refractivity contribution is -0.139. The topological polar surface area (TPSA) is 43.9 Å². The molecule has 2 fully saturated rings. The van der Waals surface area contributed by atoms with Gasteiger partial charge in [0.05, 0.1) is 11.6 Å². The summed E-state index contributed by atoms with van der Waals surface area (Å²) in [6.07, 6.45) is 0. The number of hydrogen-bond donors (Lipinski definition) is 0. The predicted molar refractivity (Wildman–Crippen MR) is 105 cm³/mol. The van der Waals surface area contributed by atoms with Crippen molar-refractivity contribution in [1.29, 1.82) is 0 Å². The summed E-state index contributed by atoms with van der Waals surface area (Å²) in [5.74, 6) is 1.31. The zero-order valence-electron chi connectivity index (χ0n) is 14.8. The second-order valence-electron chi connectivity index (χ2n) is 6.86. The third-order valence-electron chi connectivity index (χ3n) is 5.15. The minimum absolute atomic E-state index is 0.0747. The molecule has 5 nitrogen and oxygen atoms in total. The van der Waals surface area contributed by atoms with Gasteiger partial charge in [-0.25, -0.2) is 0 Å². The van der Waals surface area contributed by atoms with Crippen molar-refractivity contribution in [3.8, 4) is 0 Å². The molecule has 2 saturated heterocycles. The van der Waals surface area contributed by atoms with Crippen molar-refractivity contribution in [2.45, 2.75) is 6.54 Å². The van der Waals surface area contributed by atoms with Crippen molar-refractivity contribution in [2.24, 2.45) is 0 Å². The van der Waals surface area contributed by atoms with Gasteiger partial charge < -0.3 is 9.80 Å². The van der Waals surface area contributed by atoms with Gasteiger partial charge in [0.1, 0.15) is 6.54 Å². The van der Waals surface area contributed by atoms with Crippen LogP contribution in [0.3, 0.4) is 0 Å². The molecule has 2 aliphatic rings. The van der Waals surface area contributed by atoms with Gasteiger partial charge in [0.25, 0.3) is 0 Å². The maximum absolute atomic E-state index is 12.4. The maximum atomic E-state index is 12.4. The normalized spacial score (nSPS) is 18.7. The first-order chi connectivity index (χ1) is 12.7. The summed E-state index contributed by atoms with van der Waals surface area (Å²) in [4.78, 5) is 30.1. The first kappa shape index (κ1) is 17.4. The Labute approximate surface area is 157 Å². The number of fused-ring (bicyclic) bond motifs is 1. The fourth-order valence-electron chi connectivity index (χ4n) is 3.63. The Morgan fingerprint density at radius 3 is 2.54 bits per heavy atom. The summed E-state index contributed by atoms with van der Waals surface area (Å²) in [5.41, 5.74) is 1.34. The molecule has 136 valence electrons. The van der Waals surface area contributed by atoms with Crippen molar-refractivity contribution < 1.29 is 9.59 Å². The maximum Gasteiger partial charge on any atom is 0.242 e. The van der Waals surface area contributed by atoms with Crippen molar-refractivity contribution >= 4 is 34.3 Å². The highest BCUT2D eigenvalue weighted by atomic mass is 32.2. The molecule has 0 radical (unpaired) electrons. The Kier molecular flexibility index (Phi) is 5.13. The molecular formula is C20H23N3O2S. The molecular weight excluding hydrogens is 346 g/mol. The molecule has 0 bridgehead atoms. The minimum Gasteiger partial charge on any atom is -0.339 e. The first-order valence-electron chi connectivity index (χ1n) is 9.03. The predicted octanol–water partition coefficient (Wildman–Crippen LogP) is 2.02. The van der Waals surface area contributed by atoms with Crippen molar-refractivity contribution in [2.75, 3.05) is 44.4 Å². The van der Waals surface area contributed by atoms with Gasteiger partial charge in [-0.15, -0.1) is 11.8 Å². The molecule has 2 heterocycles. The van der Waals surface area contributed by atoms with Crippen LogP contribution in [0.4, 0.5) is 0 Å². The number of rotatable bonds is 4. The van der Waals surface area contributed by atoms with Gasteiger partial charge in [-0.1, -0.05) is 42.5 Å². The second-order valence-corrected chi connectivity index (χ2v) is 7.82. The summed E-state index contributed by atoms with van der Waals surface area (Å²) < 4.78 is 0. The first-order valence-corrected chi connectivity index (χ1v) is 10.2. The SMILES string of the molecule is O=C(CN1CSCC1=O)N1CCN(Cc2cccc3ccccc23)CC1. The number of carbonyl (C=O) groups is 2. The van der Waals surface area contributed by atoms with Gasteiger partial charge in [0.2, 0.25) is 11.8 Å². The lowest BCUT2D eigenvalue weighted by Gasteiger charge is -2.35. The molecule has 2 aromatic rings. The lowest BCUT2D eigenvalue weighted by atomic mass is 10.0. The Hall–Kier alpha value is -2.05. The molecule has 0 spiro atoms. The van der Waals surface area contributed by atoms with E-state index in [0.717, 1.165) is 32.7 Å². The number of benzene rings is 2. The summed E-state index contributed by atoms with van der Waals surface area (Å²) in [6, 6.07) is 14.9. The molecule has 6 heteroatoms. The van der Waals surface area contributed by atoms with E-state index in [1.807, 2.05) is 4.90 Å². The van der Waals surface area contributed by atoms with Crippen molar-refractivity contribution in [3.63, 3.8) is 0 Å². The third kappa shape index (κ3) is 3.71. The van der Waals surface area contributed by atoms with E-state index >= 15 is 0 Å². The van der Waals surface area contributed by atoms with Gasteiger partial charge in [-0.2, -0.15) is 0 Å². The van der Waals surface area contributed by atoms with E-state index in [0.29, 0.717) is 11.6 Å². The average molecular weight is 369 g/mol. The average Bonchev–Trinajstić information content (AvgIpc) is 3.07. The van der Waals surface area contributed by atoms with E-state index in [2.05, 4.69) is 47.4 Å². The molecule has 0 aliphatic carbocycles. The molecule has 0 aromatic heterocycles. The van der Waals surface area contributed by atoms with Crippen LogP contribution in [0.1, 0.15) is 5.56 Å². The Morgan fingerprint density at radius 2 is 1.77 bits per heavy atom. The van der Waals surface area contributed by atoms with E-state index < -0.39 is 0 Å². The largest absolute Gasteiger partial charge is 0.339 e. The van der Waals surface area contributed by atoms with Crippen LogP contribution < -0.4 is 0 Å². The fraction of sp³-hybridized carbons (Fsp3) is 0.400.